The van der Waals surface area contributed by atoms with E-state index in [9.17, 15) is 4.79 Å². The van der Waals surface area contributed by atoms with Gasteiger partial charge >= 0.3 is 0 Å². The Kier molecular flexibility index (Phi) is 4.11. The van der Waals surface area contributed by atoms with Crippen LogP contribution in [0.5, 0.6) is 0 Å². The highest BCUT2D eigenvalue weighted by atomic mass is 16.5. The molecule has 0 radical (unpaired) electrons. The van der Waals surface area contributed by atoms with Gasteiger partial charge in [-0.2, -0.15) is 0 Å². The van der Waals surface area contributed by atoms with Crippen molar-refractivity contribution in [3.8, 4) is 0 Å². The summed E-state index contributed by atoms with van der Waals surface area (Å²) in [4.78, 5) is 12.0. The molecule has 130 valence electrons. The van der Waals surface area contributed by atoms with Crippen LogP contribution in [0, 0.1) is 40.9 Å². The molecule has 4 aliphatic carbocycles. The van der Waals surface area contributed by atoms with Crippen molar-refractivity contribution in [2.45, 2.75) is 77.7 Å². The molecule has 4 fully saturated rings. The third-order valence-electron chi connectivity index (χ3n) is 8.71. The van der Waals surface area contributed by atoms with Gasteiger partial charge in [0.05, 0.1) is 6.10 Å². The van der Waals surface area contributed by atoms with Crippen molar-refractivity contribution in [2.24, 2.45) is 40.9 Å². The predicted molar refractivity (Wildman–Crippen MR) is 92.1 cm³/mol. The van der Waals surface area contributed by atoms with Gasteiger partial charge in [-0.1, -0.05) is 19.8 Å². The second-order valence-corrected chi connectivity index (χ2v) is 9.34. The first-order valence-corrected chi connectivity index (χ1v) is 10.1. The quantitative estimate of drug-likeness (QED) is 0.727. The standard InChI is InChI=1S/C21H34O2/c1-13(22)14-7-8-16-15(14)9-10-18-17(16)12-20(23-3)19-6-4-5-11-21(18,19)2/h14-20H,4-12H2,1-3H3. The maximum absolute atomic E-state index is 12.0. The molecule has 2 nitrogen and oxygen atoms in total. The molecular formula is C21H34O2. The average Bonchev–Trinajstić information content (AvgIpc) is 2.98. The van der Waals surface area contributed by atoms with Gasteiger partial charge in [-0.3, -0.25) is 4.79 Å². The fourth-order valence-electron chi connectivity index (χ4n) is 7.74. The van der Waals surface area contributed by atoms with E-state index < -0.39 is 0 Å². The third kappa shape index (κ3) is 2.34. The predicted octanol–water partition coefficient (Wildman–Crippen LogP) is 4.86. The zero-order chi connectivity index (χ0) is 16.2. The van der Waals surface area contributed by atoms with Gasteiger partial charge in [0.1, 0.15) is 5.78 Å². The Morgan fingerprint density at radius 2 is 1.74 bits per heavy atom. The van der Waals surface area contributed by atoms with E-state index in [2.05, 4.69) is 6.92 Å². The van der Waals surface area contributed by atoms with Crippen molar-refractivity contribution in [2.75, 3.05) is 7.11 Å². The Labute approximate surface area is 141 Å². The van der Waals surface area contributed by atoms with E-state index in [-0.39, 0.29) is 0 Å². The summed E-state index contributed by atoms with van der Waals surface area (Å²) in [5.74, 6) is 4.82. The lowest BCUT2D eigenvalue weighted by Crippen LogP contribution is -2.55. The third-order valence-corrected chi connectivity index (χ3v) is 8.71. The van der Waals surface area contributed by atoms with Gasteiger partial charge in [-0.15, -0.1) is 0 Å². The molecule has 0 amide bonds. The van der Waals surface area contributed by atoms with Gasteiger partial charge in [0.2, 0.25) is 0 Å². The second-order valence-electron chi connectivity index (χ2n) is 9.34. The minimum absolute atomic E-state index is 0.374. The van der Waals surface area contributed by atoms with Gasteiger partial charge in [0.15, 0.2) is 0 Å². The Bertz CT molecular complexity index is 472. The van der Waals surface area contributed by atoms with E-state index in [1.165, 1.54) is 51.4 Å². The number of hydrogen-bond acceptors (Lipinski definition) is 2. The summed E-state index contributed by atoms with van der Waals surface area (Å²) >= 11 is 0. The minimum atomic E-state index is 0.374. The van der Waals surface area contributed by atoms with Gasteiger partial charge in [0, 0.05) is 13.0 Å². The Morgan fingerprint density at radius 3 is 2.48 bits per heavy atom. The number of hydrogen-bond donors (Lipinski definition) is 0. The van der Waals surface area contributed by atoms with Crippen LogP contribution in [0.3, 0.4) is 0 Å². The molecule has 4 rings (SSSR count). The molecule has 0 N–H and O–H groups in total. The fourth-order valence-corrected chi connectivity index (χ4v) is 7.74. The number of fused-ring (bicyclic) bond motifs is 5. The van der Waals surface area contributed by atoms with E-state index in [0.29, 0.717) is 29.1 Å². The topological polar surface area (TPSA) is 26.3 Å². The molecule has 0 saturated heterocycles. The fraction of sp³-hybridized carbons (Fsp3) is 0.952. The highest BCUT2D eigenvalue weighted by Gasteiger charge is 2.58. The van der Waals surface area contributed by atoms with E-state index >= 15 is 0 Å². The monoisotopic (exact) mass is 318 g/mol. The van der Waals surface area contributed by atoms with Crippen LogP contribution in [0.1, 0.15) is 71.6 Å². The minimum Gasteiger partial charge on any atom is -0.381 e. The van der Waals surface area contributed by atoms with Gasteiger partial charge in [-0.05, 0) is 86.9 Å². The van der Waals surface area contributed by atoms with E-state index in [0.717, 1.165) is 30.1 Å². The molecule has 0 aromatic heterocycles. The zero-order valence-corrected chi connectivity index (χ0v) is 15.2. The number of Topliss-reactive ketones (excluding diaryl/α,β-unsaturated/α-hetero) is 1. The summed E-state index contributed by atoms with van der Waals surface area (Å²) in [6, 6.07) is 0. The number of ketones is 1. The van der Waals surface area contributed by atoms with Crippen LogP contribution in [0.15, 0.2) is 0 Å². The lowest BCUT2D eigenvalue weighted by molar-refractivity contribution is -0.154. The highest BCUT2D eigenvalue weighted by molar-refractivity contribution is 5.79. The van der Waals surface area contributed by atoms with Crippen LogP contribution in [0.4, 0.5) is 0 Å². The molecule has 0 aliphatic heterocycles. The number of rotatable bonds is 2. The number of ether oxygens (including phenoxy) is 1. The molecule has 8 atom stereocenters. The van der Waals surface area contributed by atoms with Crippen molar-refractivity contribution < 1.29 is 9.53 Å². The normalized spacial score (nSPS) is 52.4. The summed E-state index contributed by atoms with van der Waals surface area (Å²) in [5.41, 5.74) is 0.501. The summed E-state index contributed by atoms with van der Waals surface area (Å²) in [6.07, 6.45) is 12.5. The summed E-state index contributed by atoms with van der Waals surface area (Å²) in [5, 5.41) is 0. The van der Waals surface area contributed by atoms with Crippen molar-refractivity contribution >= 4 is 5.78 Å². The largest absolute Gasteiger partial charge is 0.381 e. The Balaban J connectivity index is 1.63. The Hall–Kier alpha value is -0.370. The van der Waals surface area contributed by atoms with Crippen LogP contribution in [-0.4, -0.2) is 19.0 Å². The molecule has 0 spiro atoms. The molecule has 0 heterocycles. The highest BCUT2D eigenvalue weighted by Crippen LogP contribution is 2.64. The van der Waals surface area contributed by atoms with Crippen LogP contribution in [-0.2, 0) is 9.53 Å². The van der Waals surface area contributed by atoms with Crippen LogP contribution in [0.2, 0.25) is 0 Å². The first kappa shape index (κ1) is 16.1. The number of carbonyl (C=O) groups excluding carboxylic acids is 1. The average molecular weight is 319 g/mol. The SMILES string of the molecule is COC1CC2C3CCC(C(C)=O)C3CCC2C2(C)CCCCC12. The van der Waals surface area contributed by atoms with Crippen molar-refractivity contribution in [1.29, 1.82) is 0 Å². The van der Waals surface area contributed by atoms with E-state index in [1.807, 2.05) is 14.0 Å². The van der Waals surface area contributed by atoms with Crippen molar-refractivity contribution in [1.82, 2.24) is 0 Å². The smallest absolute Gasteiger partial charge is 0.133 e. The first-order chi connectivity index (χ1) is 11.1. The molecule has 0 aromatic rings. The maximum atomic E-state index is 12.0. The Morgan fingerprint density at radius 1 is 0.957 bits per heavy atom. The first-order valence-electron chi connectivity index (χ1n) is 10.1. The van der Waals surface area contributed by atoms with Gasteiger partial charge in [-0.25, -0.2) is 0 Å². The second kappa shape index (κ2) is 5.86. The van der Waals surface area contributed by atoms with Crippen LogP contribution >= 0.6 is 0 Å². The molecule has 23 heavy (non-hydrogen) atoms. The molecular weight excluding hydrogens is 284 g/mol. The summed E-state index contributed by atoms with van der Waals surface area (Å²) in [6.45, 7) is 4.42. The van der Waals surface area contributed by atoms with Crippen LogP contribution < -0.4 is 0 Å². The molecule has 2 heteroatoms. The lowest BCUT2D eigenvalue weighted by atomic mass is 9.46. The summed E-state index contributed by atoms with van der Waals surface area (Å²) < 4.78 is 6.03. The maximum Gasteiger partial charge on any atom is 0.133 e. The molecule has 0 bridgehead atoms. The van der Waals surface area contributed by atoms with Crippen molar-refractivity contribution in [3.05, 3.63) is 0 Å². The molecule has 4 aliphatic rings. The molecule has 0 aromatic carbocycles. The van der Waals surface area contributed by atoms with E-state index in [4.69, 9.17) is 4.74 Å². The number of carbonyl (C=O) groups is 1. The zero-order valence-electron chi connectivity index (χ0n) is 15.2. The van der Waals surface area contributed by atoms with Crippen LogP contribution in [0.25, 0.3) is 0 Å². The molecule has 8 unspecified atom stereocenters. The summed E-state index contributed by atoms with van der Waals surface area (Å²) in [7, 11) is 1.94. The van der Waals surface area contributed by atoms with E-state index in [1.54, 1.807) is 0 Å². The van der Waals surface area contributed by atoms with Gasteiger partial charge in [0.25, 0.3) is 0 Å². The molecule has 4 saturated carbocycles. The number of methoxy groups -OCH3 is 1. The van der Waals surface area contributed by atoms with Gasteiger partial charge < -0.3 is 4.74 Å². The lowest BCUT2D eigenvalue weighted by Gasteiger charge is -2.60. The van der Waals surface area contributed by atoms with Crippen molar-refractivity contribution in [3.63, 3.8) is 0 Å².